The third-order valence-corrected chi connectivity index (χ3v) is 2.84. The van der Waals surface area contributed by atoms with Crippen LogP contribution in [0.3, 0.4) is 0 Å². The van der Waals surface area contributed by atoms with Crippen LogP contribution in [0.2, 0.25) is 0 Å². The van der Waals surface area contributed by atoms with Gasteiger partial charge in [0.1, 0.15) is 0 Å². The Kier molecular flexibility index (Phi) is 4.90. The minimum Gasteiger partial charge on any atom is -0.351 e. The smallest absolute Gasteiger partial charge is 0.221 e. The monoisotopic (exact) mass is 252 g/mol. The van der Waals surface area contributed by atoms with Crippen molar-refractivity contribution in [2.24, 2.45) is 11.1 Å². The number of amides is 1. The molecule has 1 heterocycles. The molecule has 0 radical (unpaired) electrons. The first-order chi connectivity index (χ1) is 8.29. The normalized spacial score (nSPS) is 15.2. The van der Waals surface area contributed by atoms with Crippen molar-refractivity contribution in [3.05, 3.63) is 18.7 Å². The molecule has 5 heteroatoms. The van der Waals surface area contributed by atoms with Gasteiger partial charge >= 0.3 is 0 Å². The van der Waals surface area contributed by atoms with Crippen molar-refractivity contribution in [2.45, 2.75) is 52.7 Å². The Bertz CT molecular complexity index is 365. The standard InChI is InChI=1S/C13H24N4O/c1-10(14)7-12(18)16-11(13(2,3)4)8-17-6-5-15-9-17/h5-6,9-11H,7-8,14H2,1-4H3,(H,16,18). The second kappa shape index (κ2) is 6.00. The van der Waals surface area contributed by atoms with Gasteiger partial charge in [-0.2, -0.15) is 0 Å². The lowest BCUT2D eigenvalue weighted by Gasteiger charge is -2.32. The molecular weight excluding hydrogens is 228 g/mol. The highest BCUT2D eigenvalue weighted by atomic mass is 16.1. The van der Waals surface area contributed by atoms with E-state index >= 15 is 0 Å². The number of nitrogens with two attached hydrogens (primary N) is 1. The Balaban J connectivity index is 2.65. The van der Waals surface area contributed by atoms with Crippen LogP contribution in [-0.4, -0.2) is 27.5 Å². The van der Waals surface area contributed by atoms with E-state index in [-0.39, 0.29) is 23.4 Å². The van der Waals surface area contributed by atoms with Gasteiger partial charge < -0.3 is 15.6 Å². The lowest BCUT2D eigenvalue weighted by Crippen LogP contribution is -2.47. The number of imidazole rings is 1. The topological polar surface area (TPSA) is 72.9 Å². The summed E-state index contributed by atoms with van der Waals surface area (Å²) in [5.74, 6) is 0.00467. The summed E-state index contributed by atoms with van der Waals surface area (Å²) in [5.41, 5.74) is 5.62. The number of hydrogen-bond acceptors (Lipinski definition) is 3. The molecule has 0 saturated carbocycles. The van der Waals surface area contributed by atoms with E-state index in [0.717, 1.165) is 0 Å². The van der Waals surface area contributed by atoms with E-state index in [2.05, 4.69) is 31.1 Å². The van der Waals surface area contributed by atoms with E-state index in [1.807, 2.05) is 17.7 Å². The van der Waals surface area contributed by atoms with Crippen molar-refractivity contribution in [3.63, 3.8) is 0 Å². The van der Waals surface area contributed by atoms with Crippen LogP contribution < -0.4 is 11.1 Å². The molecule has 0 fully saturated rings. The lowest BCUT2D eigenvalue weighted by molar-refractivity contribution is -0.122. The van der Waals surface area contributed by atoms with Gasteiger partial charge in [-0.3, -0.25) is 4.79 Å². The number of rotatable bonds is 5. The van der Waals surface area contributed by atoms with Gasteiger partial charge in [0, 0.05) is 31.4 Å². The molecule has 0 aliphatic carbocycles. The zero-order valence-electron chi connectivity index (χ0n) is 11.7. The van der Waals surface area contributed by atoms with Crippen LogP contribution in [0.4, 0.5) is 0 Å². The van der Waals surface area contributed by atoms with E-state index in [0.29, 0.717) is 13.0 Å². The molecule has 1 amide bonds. The molecular formula is C13H24N4O. The quantitative estimate of drug-likeness (QED) is 0.825. The first kappa shape index (κ1) is 14.7. The number of nitrogens with one attached hydrogen (secondary N) is 1. The average molecular weight is 252 g/mol. The Morgan fingerprint density at radius 3 is 2.61 bits per heavy atom. The molecule has 3 N–H and O–H groups in total. The molecule has 1 aromatic heterocycles. The molecule has 0 aliphatic heterocycles. The first-order valence-electron chi connectivity index (χ1n) is 6.29. The molecule has 0 spiro atoms. The fourth-order valence-electron chi connectivity index (χ4n) is 1.69. The molecule has 2 atom stereocenters. The van der Waals surface area contributed by atoms with Crippen LogP contribution in [-0.2, 0) is 11.3 Å². The average Bonchev–Trinajstić information content (AvgIpc) is 2.66. The summed E-state index contributed by atoms with van der Waals surface area (Å²) in [4.78, 5) is 15.8. The maximum Gasteiger partial charge on any atom is 0.221 e. The third kappa shape index (κ3) is 4.87. The maximum atomic E-state index is 11.8. The van der Waals surface area contributed by atoms with Gasteiger partial charge in [0.2, 0.25) is 5.91 Å². The summed E-state index contributed by atoms with van der Waals surface area (Å²) in [6.45, 7) is 8.89. The lowest BCUT2D eigenvalue weighted by atomic mass is 9.86. The molecule has 1 rings (SSSR count). The second-order valence-electron chi connectivity index (χ2n) is 5.93. The van der Waals surface area contributed by atoms with E-state index in [1.165, 1.54) is 0 Å². The highest BCUT2D eigenvalue weighted by molar-refractivity contribution is 5.76. The van der Waals surface area contributed by atoms with E-state index in [4.69, 9.17) is 5.73 Å². The maximum absolute atomic E-state index is 11.8. The van der Waals surface area contributed by atoms with Crippen molar-refractivity contribution in [1.82, 2.24) is 14.9 Å². The van der Waals surface area contributed by atoms with E-state index in [9.17, 15) is 4.79 Å². The van der Waals surface area contributed by atoms with Gasteiger partial charge in [0.05, 0.1) is 12.4 Å². The molecule has 0 aliphatic rings. The van der Waals surface area contributed by atoms with Crippen molar-refractivity contribution in [2.75, 3.05) is 0 Å². The highest BCUT2D eigenvalue weighted by Gasteiger charge is 2.26. The molecule has 0 bridgehead atoms. The summed E-state index contributed by atoms with van der Waals surface area (Å²) in [6.07, 6.45) is 5.76. The van der Waals surface area contributed by atoms with Crippen LogP contribution in [0.5, 0.6) is 0 Å². The molecule has 2 unspecified atom stereocenters. The zero-order chi connectivity index (χ0) is 13.8. The predicted octanol–water partition coefficient (Wildman–Crippen LogP) is 1.15. The summed E-state index contributed by atoms with van der Waals surface area (Å²) in [7, 11) is 0. The number of nitrogens with zero attached hydrogens (tertiary/aromatic N) is 2. The van der Waals surface area contributed by atoms with Gasteiger partial charge in [-0.25, -0.2) is 4.98 Å². The Labute approximate surface area is 109 Å². The number of aromatic nitrogens is 2. The largest absolute Gasteiger partial charge is 0.351 e. The molecule has 5 nitrogen and oxygen atoms in total. The number of carbonyl (C=O) groups excluding carboxylic acids is 1. The van der Waals surface area contributed by atoms with Crippen molar-refractivity contribution in [3.8, 4) is 0 Å². The first-order valence-corrected chi connectivity index (χ1v) is 6.29. The fraction of sp³-hybridized carbons (Fsp3) is 0.692. The minimum absolute atomic E-state index is 0.00467. The van der Waals surface area contributed by atoms with Crippen molar-refractivity contribution < 1.29 is 4.79 Å². The second-order valence-corrected chi connectivity index (χ2v) is 5.93. The van der Waals surface area contributed by atoms with Gasteiger partial charge in [-0.15, -0.1) is 0 Å². The Morgan fingerprint density at radius 1 is 1.50 bits per heavy atom. The van der Waals surface area contributed by atoms with Crippen LogP contribution in [0.25, 0.3) is 0 Å². The number of hydrogen-bond donors (Lipinski definition) is 2. The van der Waals surface area contributed by atoms with Gasteiger partial charge in [-0.05, 0) is 12.3 Å². The minimum atomic E-state index is -0.112. The van der Waals surface area contributed by atoms with E-state index < -0.39 is 0 Å². The van der Waals surface area contributed by atoms with Crippen molar-refractivity contribution >= 4 is 5.91 Å². The predicted molar refractivity (Wildman–Crippen MR) is 71.9 cm³/mol. The number of carbonyl (C=O) groups is 1. The summed E-state index contributed by atoms with van der Waals surface area (Å²) in [6, 6.07) is -0.0585. The summed E-state index contributed by atoms with van der Waals surface area (Å²) in [5, 5.41) is 3.06. The summed E-state index contributed by atoms with van der Waals surface area (Å²) < 4.78 is 1.97. The fourth-order valence-corrected chi connectivity index (χ4v) is 1.69. The van der Waals surface area contributed by atoms with Crippen LogP contribution in [0.1, 0.15) is 34.1 Å². The third-order valence-electron chi connectivity index (χ3n) is 2.84. The van der Waals surface area contributed by atoms with Crippen LogP contribution in [0, 0.1) is 5.41 Å². The molecule has 1 aromatic rings. The molecule has 102 valence electrons. The van der Waals surface area contributed by atoms with E-state index in [1.54, 1.807) is 12.5 Å². The van der Waals surface area contributed by atoms with Crippen molar-refractivity contribution in [1.29, 1.82) is 0 Å². The molecule has 0 saturated heterocycles. The van der Waals surface area contributed by atoms with Gasteiger partial charge in [0.15, 0.2) is 0 Å². The van der Waals surface area contributed by atoms with Crippen LogP contribution >= 0.6 is 0 Å². The highest BCUT2D eigenvalue weighted by Crippen LogP contribution is 2.20. The molecule has 18 heavy (non-hydrogen) atoms. The van der Waals surface area contributed by atoms with Gasteiger partial charge in [-0.1, -0.05) is 20.8 Å². The molecule has 0 aromatic carbocycles. The van der Waals surface area contributed by atoms with Gasteiger partial charge in [0.25, 0.3) is 0 Å². The SMILES string of the molecule is CC(N)CC(=O)NC(Cn1ccnc1)C(C)(C)C. The Hall–Kier alpha value is -1.36. The van der Waals surface area contributed by atoms with Crippen LogP contribution in [0.15, 0.2) is 18.7 Å². The zero-order valence-corrected chi connectivity index (χ0v) is 11.7. The summed E-state index contributed by atoms with van der Waals surface area (Å²) >= 11 is 0. The Morgan fingerprint density at radius 2 is 2.17 bits per heavy atom.